The highest BCUT2D eigenvalue weighted by Crippen LogP contribution is 2.16. The molecule has 1 saturated heterocycles. The summed E-state index contributed by atoms with van der Waals surface area (Å²) >= 11 is 0. The lowest BCUT2D eigenvalue weighted by atomic mass is 10.1. The van der Waals surface area contributed by atoms with E-state index in [1.54, 1.807) is 0 Å². The second-order valence-electron chi connectivity index (χ2n) is 5.13. The Kier molecular flexibility index (Phi) is 5.07. The third-order valence-corrected chi connectivity index (χ3v) is 3.21. The van der Waals surface area contributed by atoms with Gasteiger partial charge < -0.3 is 10.1 Å². The van der Waals surface area contributed by atoms with Gasteiger partial charge in [0, 0.05) is 19.2 Å². The molecular formula is C12H23N5O. The number of hydrogen-bond donors (Lipinski definition) is 1. The van der Waals surface area contributed by atoms with Crippen LogP contribution in [0.1, 0.15) is 45.4 Å². The molecule has 18 heavy (non-hydrogen) atoms. The fraction of sp³-hybridized carbons (Fsp3) is 0.917. The first kappa shape index (κ1) is 13.4. The van der Waals surface area contributed by atoms with Crippen molar-refractivity contribution in [3.63, 3.8) is 0 Å². The largest absolute Gasteiger partial charge is 0.378 e. The van der Waals surface area contributed by atoms with Gasteiger partial charge in [-0.3, -0.25) is 0 Å². The summed E-state index contributed by atoms with van der Waals surface area (Å²) in [4.78, 5) is 0. The van der Waals surface area contributed by atoms with Crippen LogP contribution in [-0.4, -0.2) is 39.0 Å². The molecule has 1 aromatic heterocycles. The molecule has 1 fully saturated rings. The van der Waals surface area contributed by atoms with Crippen molar-refractivity contribution in [1.82, 2.24) is 25.5 Å². The van der Waals surface area contributed by atoms with Crippen LogP contribution in [0.15, 0.2) is 0 Å². The number of tetrazole rings is 1. The molecule has 1 unspecified atom stereocenters. The summed E-state index contributed by atoms with van der Waals surface area (Å²) in [6.45, 7) is 6.69. The summed E-state index contributed by atoms with van der Waals surface area (Å²) < 4.78 is 7.60. The van der Waals surface area contributed by atoms with Crippen molar-refractivity contribution < 1.29 is 4.74 Å². The standard InChI is InChI=1S/C12H23N5O/c1-10(2)13-9-12-14-15-16-17(12)7-6-11-5-3-4-8-18-11/h10-11,13H,3-9H2,1-2H3. The maximum atomic E-state index is 5.72. The molecule has 1 aromatic rings. The molecule has 1 atom stereocenters. The minimum absolute atomic E-state index is 0.383. The molecule has 0 spiro atoms. The SMILES string of the molecule is CC(C)NCc1nnnn1CCC1CCCCO1. The second kappa shape index (κ2) is 6.80. The minimum atomic E-state index is 0.383. The fourth-order valence-corrected chi connectivity index (χ4v) is 2.12. The summed E-state index contributed by atoms with van der Waals surface area (Å²) in [6, 6.07) is 0.442. The van der Waals surface area contributed by atoms with Crippen LogP contribution < -0.4 is 5.32 Å². The summed E-state index contributed by atoms with van der Waals surface area (Å²) in [5, 5.41) is 15.2. The van der Waals surface area contributed by atoms with E-state index in [1.165, 1.54) is 19.3 Å². The van der Waals surface area contributed by atoms with Crippen LogP contribution in [0.5, 0.6) is 0 Å². The first-order valence-electron chi connectivity index (χ1n) is 6.85. The molecule has 1 N–H and O–H groups in total. The molecule has 2 heterocycles. The van der Waals surface area contributed by atoms with Gasteiger partial charge >= 0.3 is 0 Å². The number of ether oxygens (including phenoxy) is 1. The predicted octanol–water partition coefficient (Wildman–Crippen LogP) is 1.13. The van der Waals surface area contributed by atoms with Crippen LogP contribution >= 0.6 is 0 Å². The summed E-state index contributed by atoms with van der Waals surface area (Å²) in [7, 11) is 0. The second-order valence-corrected chi connectivity index (χ2v) is 5.13. The fourth-order valence-electron chi connectivity index (χ4n) is 2.12. The van der Waals surface area contributed by atoms with Crippen molar-refractivity contribution in [2.24, 2.45) is 0 Å². The molecule has 0 radical (unpaired) electrons. The zero-order valence-corrected chi connectivity index (χ0v) is 11.3. The van der Waals surface area contributed by atoms with Gasteiger partial charge in [-0.15, -0.1) is 5.10 Å². The Hall–Kier alpha value is -1.01. The van der Waals surface area contributed by atoms with Crippen LogP contribution in [0.2, 0.25) is 0 Å². The van der Waals surface area contributed by atoms with E-state index in [0.717, 1.165) is 31.9 Å². The zero-order valence-electron chi connectivity index (χ0n) is 11.3. The molecule has 0 aliphatic carbocycles. The normalized spacial score (nSPS) is 20.5. The van der Waals surface area contributed by atoms with E-state index in [4.69, 9.17) is 4.74 Å². The smallest absolute Gasteiger partial charge is 0.165 e. The third-order valence-electron chi connectivity index (χ3n) is 3.21. The van der Waals surface area contributed by atoms with E-state index in [2.05, 4.69) is 34.7 Å². The lowest BCUT2D eigenvalue weighted by Crippen LogP contribution is -2.25. The lowest BCUT2D eigenvalue weighted by molar-refractivity contribution is 0.00806. The van der Waals surface area contributed by atoms with Crippen molar-refractivity contribution >= 4 is 0 Å². The van der Waals surface area contributed by atoms with Gasteiger partial charge in [0.2, 0.25) is 0 Å². The number of nitrogens with zero attached hydrogens (tertiary/aromatic N) is 4. The highest BCUT2D eigenvalue weighted by atomic mass is 16.5. The molecule has 1 aliphatic rings. The first-order valence-corrected chi connectivity index (χ1v) is 6.85. The number of aromatic nitrogens is 4. The quantitative estimate of drug-likeness (QED) is 0.823. The molecule has 0 saturated carbocycles. The van der Waals surface area contributed by atoms with E-state index >= 15 is 0 Å². The van der Waals surface area contributed by atoms with Gasteiger partial charge in [0.05, 0.1) is 12.6 Å². The number of nitrogens with one attached hydrogen (secondary N) is 1. The van der Waals surface area contributed by atoms with Crippen molar-refractivity contribution in [3.05, 3.63) is 5.82 Å². The van der Waals surface area contributed by atoms with Crippen molar-refractivity contribution in [1.29, 1.82) is 0 Å². The van der Waals surface area contributed by atoms with Gasteiger partial charge in [0.15, 0.2) is 5.82 Å². The zero-order chi connectivity index (χ0) is 12.8. The average molecular weight is 253 g/mol. The van der Waals surface area contributed by atoms with E-state index in [9.17, 15) is 0 Å². The Bertz CT molecular complexity index is 346. The van der Waals surface area contributed by atoms with Crippen molar-refractivity contribution in [2.75, 3.05) is 6.61 Å². The molecule has 0 aromatic carbocycles. The number of hydrogen-bond acceptors (Lipinski definition) is 5. The number of rotatable bonds is 6. The van der Waals surface area contributed by atoms with Crippen LogP contribution in [0, 0.1) is 0 Å². The Morgan fingerprint density at radius 1 is 1.44 bits per heavy atom. The van der Waals surface area contributed by atoms with Gasteiger partial charge in [-0.2, -0.15) is 0 Å². The Morgan fingerprint density at radius 3 is 3.06 bits per heavy atom. The predicted molar refractivity (Wildman–Crippen MR) is 68.0 cm³/mol. The summed E-state index contributed by atoms with van der Waals surface area (Å²) in [5.41, 5.74) is 0. The number of aryl methyl sites for hydroxylation is 1. The van der Waals surface area contributed by atoms with E-state index in [0.29, 0.717) is 12.1 Å². The molecule has 2 rings (SSSR count). The van der Waals surface area contributed by atoms with E-state index < -0.39 is 0 Å². The maximum Gasteiger partial charge on any atom is 0.165 e. The molecule has 0 bridgehead atoms. The van der Waals surface area contributed by atoms with Crippen LogP contribution in [0.3, 0.4) is 0 Å². The van der Waals surface area contributed by atoms with Crippen molar-refractivity contribution in [3.8, 4) is 0 Å². The topological polar surface area (TPSA) is 64.9 Å². The Labute approximate surface area is 108 Å². The van der Waals surface area contributed by atoms with Gasteiger partial charge in [-0.25, -0.2) is 4.68 Å². The molecular weight excluding hydrogens is 230 g/mol. The highest BCUT2D eigenvalue weighted by molar-refractivity contribution is 4.81. The summed E-state index contributed by atoms with van der Waals surface area (Å²) in [6.07, 6.45) is 5.03. The van der Waals surface area contributed by atoms with Crippen LogP contribution in [-0.2, 0) is 17.8 Å². The minimum Gasteiger partial charge on any atom is -0.378 e. The van der Waals surface area contributed by atoms with Gasteiger partial charge in [-0.05, 0) is 36.1 Å². The van der Waals surface area contributed by atoms with Crippen LogP contribution in [0.4, 0.5) is 0 Å². The maximum absolute atomic E-state index is 5.72. The molecule has 0 amide bonds. The first-order chi connectivity index (χ1) is 8.75. The van der Waals surface area contributed by atoms with Gasteiger partial charge in [-0.1, -0.05) is 13.8 Å². The van der Waals surface area contributed by atoms with Gasteiger partial charge in [0.25, 0.3) is 0 Å². The Morgan fingerprint density at radius 2 is 2.33 bits per heavy atom. The monoisotopic (exact) mass is 253 g/mol. The molecule has 6 nitrogen and oxygen atoms in total. The third kappa shape index (κ3) is 4.03. The van der Waals surface area contributed by atoms with Gasteiger partial charge in [0.1, 0.15) is 0 Å². The van der Waals surface area contributed by atoms with Crippen LogP contribution in [0.25, 0.3) is 0 Å². The van der Waals surface area contributed by atoms with E-state index in [-0.39, 0.29) is 0 Å². The Balaban J connectivity index is 1.79. The summed E-state index contributed by atoms with van der Waals surface area (Å²) in [5.74, 6) is 0.902. The molecule has 6 heteroatoms. The average Bonchev–Trinajstić information content (AvgIpc) is 2.82. The molecule has 1 aliphatic heterocycles. The highest BCUT2D eigenvalue weighted by Gasteiger charge is 2.15. The lowest BCUT2D eigenvalue weighted by Gasteiger charge is -2.22. The van der Waals surface area contributed by atoms with Crippen molar-refractivity contribution in [2.45, 2.75) is 64.8 Å². The molecule has 102 valence electrons. The van der Waals surface area contributed by atoms with E-state index in [1.807, 2.05) is 4.68 Å².